The fourth-order valence-electron chi connectivity index (χ4n) is 1.76. The topological polar surface area (TPSA) is 98.8 Å². The van der Waals surface area contributed by atoms with Crippen molar-refractivity contribution in [3.05, 3.63) is 35.9 Å². The van der Waals surface area contributed by atoms with Gasteiger partial charge in [-0.2, -0.15) is 13.1 Å². The van der Waals surface area contributed by atoms with Crippen molar-refractivity contribution in [2.45, 2.75) is 23.2 Å². The van der Waals surface area contributed by atoms with Crippen molar-refractivity contribution in [1.82, 2.24) is 4.72 Å². The van der Waals surface area contributed by atoms with E-state index in [9.17, 15) is 18.0 Å². The summed E-state index contributed by atoms with van der Waals surface area (Å²) in [6.07, 6.45) is 0. The van der Waals surface area contributed by atoms with Crippen molar-refractivity contribution in [2.24, 2.45) is 0 Å². The highest BCUT2D eigenvalue weighted by Gasteiger charge is 2.47. The molecule has 1 unspecified atom stereocenters. The monoisotopic (exact) mass is 431 g/mol. The van der Waals surface area contributed by atoms with Gasteiger partial charge in [-0.3, -0.25) is 8.98 Å². The van der Waals surface area contributed by atoms with E-state index in [2.05, 4.69) is 4.18 Å². The highest BCUT2D eigenvalue weighted by Crippen LogP contribution is 2.27. The normalized spacial score (nSPS) is 14.6. The lowest BCUT2D eigenvalue weighted by atomic mass is 9.92. The third-order valence-corrected chi connectivity index (χ3v) is 4.29. The van der Waals surface area contributed by atoms with Crippen molar-refractivity contribution in [3.8, 4) is 0 Å². The number of nitrogens with one attached hydrogen (secondary N) is 1. The molecule has 0 saturated carbocycles. The molecule has 0 heterocycles. The van der Waals surface area contributed by atoms with E-state index >= 15 is 0 Å². The van der Waals surface area contributed by atoms with Crippen LogP contribution in [0.4, 0.5) is 0 Å². The van der Waals surface area contributed by atoms with Crippen molar-refractivity contribution in [3.63, 3.8) is 0 Å². The van der Waals surface area contributed by atoms with Crippen LogP contribution in [-0.4, -0.2) is 42.7 Å². The average molecular weight is 433 g/mol. The third-order valence-electron chi connectivity index (χ3n) is 2.88. The standard InChI is InChI=1S/C14H16Cl3NO6S/c1-3-23-12(20)13(2,11(19)10-7-5-4-6-8-10)18-25(21,22)24-9-14(15,16)17/h4-8,18H,3,9H2,1-2H3. The molecular formula is C14H16Cl3NO6S. The van der Waals surface area contributed by atoms with Gasteiger partial charge in [0.1, 0.15) is 6.61 Å². The van der Waals surface area contributed by atoms with E-state index in [-0.39, 0.29) is 12.2 Å². The van der Waals surface area contributed by atoms with Crippen molar-refractivity contribution in [1.29, 1.82) is 0 Å². The lowest BCUT2D eigenvalue weighted by Crippen LogP contribution is -2.59. The second-order valence-electron chi connectivity index (χ2n) is 4.97. The van der Waals surface area contributed by atoms with Crippen molar-refractivity contribution in [2.75, 3.05) is 13.2 Å². The van der Waals surface area contributed by atoms with Gasteiger partial charge in [-0.15, -0.1) is 0 Å². The van der Waals surface area contributed by atoms with Gasteiger partial charge < -0.3 is 4.74 Å². The molecule has 1 atom stereocenters. The van der Waals surface area contributed by atoms with E-state index in [4.69, 9.17) is 39.5 Å². The molecule has 11 heteroatoms. The molecule has 1 rings (SSSR count). The summed E-state index contributed by atoms with van der Waals surface area (Å²) in [4.78, 5) is 25.0. The van der Waals surface area contributed by atoms with Gasteiger partial charge in [0.15, 0.2) is 11.3 Å². The maximum absolute atomic E-state index is 12.7. The molecule has 0 aliphatic carbocycles. The van der Waals surface area contributed by atoms with E-state index in [1.165, 1.54) is 19.1 Å². The van der Waals surface area contributed by atoms with Crippen LogP contribution in [0.2, 0.25) is 0 Å². The van der Waals surface area contributed by atoms with E-state index in [0.717, 1.165) is 6.92 Å². The largest absolute Gasteiger partial charge is 0.464 e. The maximum atomic E-state index is 12.7. The van der Waals surface area contributed by atoms with Gasteiger partial charge in [0.05, 0.1) is 6.61 Å². The van der Waals surface area contributed by atoms with E-state index in [1.54, 1.807) is 18.2 Å². The number of alkyl halides is 3. The number of ether oxygens (including phenoxy) is 1. The second kappa shape index (κ2) is 8.66. The quantitative estimate of drug-likeness (QED) is 0.293. The summed E-state index contributed by atoms with van der Waals surface area (Å²) < 4.78 is 33.3. The first-order valence-corrected chi connectivity index (χ1v) is 9.47. The molecule has 1 N–H and O–H groups in total. The molecule has 0 bridgehead atoms. The highest BCUT2D eigenvalue weighted by molar-refractivity contribution is 7.84. The minimum Gasteiger partial charge on any atom is -0.464 e. The van der Waals surface area contributed by atoms with Gasteiger partial charge >= 0.3 is 16.3 Å². The Bertz CT molecular complexity index is 720. The fraction of sp³-hybridized carbons (Fsp3) is 0.429. The Morgan fingerprint density at radius 2 is 1.72 bits per heavy atom. The van der Waals surface area contributed by atoms with Crippen LogP contribution in [0.5, 0.6) is 0 Å². The number of esters is 1. The molecule has 25 heavy (non-hydrogen) atoms. The zero-order valence-electron chi connectivity index (χ0n) is 13.3. The van der Waals surface area contributed by atoms with E-state index in [1.807, 2.05) is 4.72 Å². The Hall–Kier alpha value is -0.900. The summed E-state index contributed by atoms with van der Waals surface area (Å²) in [5.74, 6) is -1.92. The second-order valence-corrected chi connectivity index (χ2v) is 8.84. The zero-order valence-corrected chi connectivity index (χ0v) is 16.4. The number of hydrogen-bond donors (Lipinski definition) is 1. The third kappa shape index (κ3) is 6.73. The number of carbonyl (C=O) groups is 2. The molecule has 0 amide bonds. The van der Waals surface area contributed by atoms with Gasteiger partial charge in [-0.25, -0.2) is 4.79 Å². The number of carbonyl (C=O) groups excluding carboxylic acids is 2. The number of Topliss-reactive ketones (excluding diaryl/α,β-unsaturated/α-hetero) is 1. The first kappa shape index (κ1) is 22.1. The molecule has 7 nitrogen and oxygen atoms in total. The van der Waals surface area contributed by atoms with Crippen LogP contribution in [0, 0.1) is 0 Å². The Morgan fingerprint density at radius 1 is 1.16 bits per heavy atom. The van der Waals surface area contributed by atoms with Gasteiger partial charge in [-0.05, 0) is 13.8 Å². The van der Waals surface area contributed by atoms with Crippen molar-refractivity contribution < 1.29 is 26.9 Å². The number of rotatable bonds is 8. The molecule has 0 radical (unpaired) electrons. The van der Waals surface area contributed by atoms with Crippen LogP contribution >= 0.6 is 34.8 Å². The van der Waals surface area contributed by atoms with Crippen molar-refractivity contribution >= 4 is 56.9 Å². The Labute approximate surface area is 160 Å². The highest BCUT2D eigenvalue weighted by atomic mass is 35.6. The zero-order chi connectivity index (χ0) is 19.3. The summed E-state index contributed by atoms with van der Waals surface area (Å²) in [6, 6.07) is 7.64. The lowest BCUT2D eigenvalue weighted by Gasteiger charge is -2.26. The van der Waals surface area contributed by atoms with Crippen LogP contribution in [-0.2, 0) is 24.0 Å². The number of ketones is 1. The molecule has 0 aromatic heterocycles. The predicted molar refractivity (Wildman–Crippen MR) is 94.1 cm³/mol. The van der Waals surface area contributed by atoms with E-state index in [0.29, 0.717) is 0 Å². The molecule has 0 fully saturated rings. The van der Waals surface area contributed by atoms with Crippen LogP contribution in [0.1, 0.15) is 24.2 Å². The molecule has 140 valence electrons. The molecule has 0 aliphatic rings. The molecule has 1 aromatic carbocycles. The maximum Gasteiger partial charge on any atom is 0.337 e. The predicted octanol–water partition coefficient (Wildman–Crippen LogP) is 2.41. The Kier molecular flexibility index (Phi) is 7.67. The number of halogens is 3. The number of hydrogen-bond acceptors (Lipinski definition) is 6. The summed E-state index contributed by atoms with van der Waals surface area (Å²) in [5, 5.41) is 0. The van der Waals surface area contributed by atoms with Crippen LogP contribution in [0.3, 0.4) is 0 Å². The Morgan fingerprint density at radius 3 is 2.20 bits per heavy atom. The van der Waals surface area contributed by atoms with E-state index < -0.39 is 38.0 Å². The molecule has 0 spiro atoms. The summed E-state index contributed by atoms with van der Waals surface area (Å²) in [5.41, 5.74) is -2.16. The summed E-state index contributed by atoms with van der Waals surface area (Å²) in [6.45, 7) is 1.70. The minimum atomic E-state index is -4.61. The smallest absolute Gasteiger partial charge is 0.337 e. The first-order chi connectivity index (χ1) is 11.4. The lowest BCUT2D eigenvalue weighted by molar-refractivity contribution is -0.147. The SMILES string of the molecule is CCOC(=O)C(C)(NS(=O)(=O)OCC(Cl)(Cl)Cl)C(=O)c1ccccc1. The van der Waals surface area contributed by atoms with Gasteiger partial charge in [0.2, 0.25) is 3.79 Å². The molecule has 0 aliphatic heterocycles. The summed E-state index contributed by atoms with van der Waals surface area (Å²) in [7, 11) is -4.61. The average Bonchev–Trinajstić information content (AvgIpc) is 2.52. The van der Waals surface area contributed by atoms with Gasteiger partial charge in [-0.1, -0.05) is 65.1 Å². The number of benzene rings is 1. The fourth-order valence-corrected chi connectivity index (χ4v) is 3.18. The molecule has 0 saturated heterocycles. The van der Waals surface area contributed by atoms with Crippen LogP contribution in [0.15, 0.2) is 30.3 Å². The molecule has 1 aromatic rings. The summed E-state index contributed by atoms with van der Waals surface area (Å²) >= 11 is 16.3. The van der Waals surface area contributed by atoms with Gasteiger partial charge in [0, 0.05) is 5.56 Å². The van der Waals surface area contributed by atoms with Gasteiger partial charge in [0.25, 0.3) is 0 Å². The minimum absolute atomic E-state index is 0.0623. The first-order valence-electron chi connectivity index (χ1n) is 6.93. The van der Waals surface area contributed by atoms with Crippen LogP contribution < -0.4 is 4.72 Å². The molecular weight excluding hydrogens is 417 g/mol. The Balaban J connectivity index is 3.16. The van der Waals surface area contributed by atoms with Crippen LogP contribution in [0.25, 0.3) is 0 Å².